The monoisotopic (exact) mass is 341 g/mol. The Bertz CT molecular complexity index is 435. The zero-order valence-electron chi connectivity index (χ0n) is 12.5. The molecule has 0 spiro atoms. The van der Waals surface area contributed by atoms with Crippen LogP contribution < -0.4 is 5.32 Å². The minimum absolute atomic E-state index is 0.144. The molecule has 3 heteroatoms. The van der Waals surface area contributed by atoms with Gasteiger partial charge in [0.15, 0.2) is 0 Å². The van der Waals surface area contributed by atoms with Crippen LogP contribution in [0.25, 0.3) is 0 Å². The van der Waals surface area contributed by atoms with Crippen molar-refractivity contribution in [2.24, 2.45) is 11.8 Å². The molecule has 1 aliphatic rings. The molecule has 3 atom stereocenters. The van der Waals surface area contributed by atoms with Gasteiger partial charge in [-0.2, -0.15) is 0 Å². The second-order valence-electron chi connectivity index (χ2n) is 5.82. The lowest BCUT2D eigenvalue weighted by Crippen LogP contribution is -2.34. The van der Waals surface area contributed by atoms with Gasteiger partial charge in [0.25, 0.3) is 0 Å². The van der Waals surface area contributed by atoms with Gasteiger partial charge in [-0.15, -0.1) is 0 Å². The standard InChI is InChI=1S/C17H25BrFN/c1-3-12-7-5-6-8-14(12)17(20-4-2)15-11-13(19)9-10-16(15)18/h9-12,14,17,20H,3-8H2,1-2H3. The van der Waals surface area contributed by atoms with E-state index in [1.165, 1.54) is 38.2 Å². The summed E-state index contributed by atoms with van der Waals surface area (Å²) in [7, 11) is 0. The Morgan fingerprint density at radius 3 is 2.75 bits per heavy atom. The minimum Gasteiger partial charge on any atom is -0.310 e. The molecule has 2 rings (SSSR count). The smallest absolute Gasteiger partial charge is 0.123 e. The first-order valence-corrected chi connectivity index (χ1v) is 8.65. The predicted molar refractivity (Wildman–Crippen MR) is 86.3 cm³/mol. The van der Waals surface area contributed by atoms with Crippen molar-refractivity contribution in [3.05, 3.63) is 34.1 Å². The van der Waals surface area contributed by atoms with Crippen LogP contribution in [0.3, 0.4) is 0 Å². The molecule has 0 saturated heterocycles. The van der Waals surface area contributed by atoms with Crippen LogP contribution in [-0.4, -0.2) is 6.54 Å². The molecule has 1 aromatic rings. The third-order valence-electron chi connectivity index (χ3n) is 4.64. The van der Waals surface area contributed by atoms with E-state index in [4.69, 9.17) is 0 Å². The van der Waals surface area contributed by atoms with Gasteiger partial charge >= 0.3 is 0 Å². The van der Waals surface area contributed by atoms with E-state index in [0.29, 0.717) is 5.92 Å². The normalized spacial score (nSPS) is 24.6. The van der Waals surface area contributed by atoms with Crippen molar-refractivity contribution in [3.63, 3.8) is 0 Å². The lowest BCUT2D eigenvalue weighted by atomic mass is 9.72. The van der Waals surface area contributed by atoms with Gasteiger partial charge in [-0.05, 0) is 48.6 Å². The van der Waals surface area contributed by atoms with E-state index in [2.05, 4.69) is 35.1 Å². The summed E-state index contributed by atoms with van der Waals surface area (Å²) in [6.45, 7) is 5.33. The van der Waals surface area contributed by atoms with Gasteiger partial charge in [0.1, 0.15) is 5.82 Å². The molecule has 0 aliphatic heterocycles. The summed E-state index contributed by atoms with van der Waals surface area (Å²) in [5.74, 6) is 1.23. The van der Waals surface area contributed by atoms with Gasteiger partial charge in [-0.3, -0.25) is 0 Å². The van der Waals surface area contributed by atoms with Crippen LogP contribution in [0.15, 0.2) is 22.7 Å². The molecule has 3 unspecified atom stereocenters. The van der Waals surface area contributed by atoms with E-state index in [-0.39, 0.29) is 11.9 Å². The second-order valence-corrected chi connectivity index (χ2v) is 6.67. The highest BCUT2D eigenvalue weighted by atomic mass is 79.9. The number of hydrogen-bond donors (Lipinski definition) is 1. The predicted octanol–water partition coefficient (Wildman–Crippen LogP) is 5.46. The van der Waals surface area contributed by atoms with Crippen LogP contribution in [0, 0.1) is 17.7 Å². The molecule has 0 bridgehead atoms. The van der Waals surface area contributed by atoms with Crippen LogP contribution in [0.5, 0.6) is 0 Å². The minimum atomic E-state index is -0.144. The molecule has 1 aliphatic carbocycles. The van der Waals surface area contributed by atoms with Crippen LogP contribution in [0.2, 0.25) is 0 Å². The summed E-state index contributed by atoms with van der Waals surface area (Å²) >= 11 is 3.60. The van der Waals surface area contributed by atoms with Crippen LogP contribution in [-0.2, 0) is 0 Å². The maximum atomic E-state index is 13.6. The number of rotatable bonds is 5. The summed E-state index contributed by atoms with van der Waals surface area (Å²) in [6, 6.07) is 5.31. The van der Waals surface area contributed by atoms with Gasteiger partial charge in [-0.1, -0.05) is 55.5 Å². The third kappa shape index (κ3) is 3.62. The highest BCUT2D eigenvalue weighted by Crippen LogP contribution is 2.42. The van der Waals surface area contributed by atoms with E-state index >= 15 is 0 Å². The largest absolute Gasteiger partial charge is 0.310 e. The number of nitrogens with one attached hydrogen (secondary N) is 1. The van der Waals surface area contributed by atoms with Crippen LogP contribution in [0.4, 0.5) is 4.39 Å². The van der Waals surface area contributed by atoms with Gasteiger partial charge in [-0.25, -0.2) is 4.39 Å². The molecule has 0 amide bonds. The van der Waals surface area contributed by atoms with Gasteiger partial charge < -0.3 is 5.32 Å². The number of hydrogen-bond acceptors (Lipinski definition) is 1. The summed E-state index contributed by atoms with van der Waals surface area (Å²) in [5.41, 5.74) is 1.08. The Morgan fingerprint density at radius 2 is 2.05 bits per heavy atom. The molecule has 1 nitrogen and oxygen atoms in total. The van der Waals surface area contributed by atoms with Crippen molar-refractivity contribution < 1.29 is 4.39 Å². The molecule has 1 saturated carbocycles. The quantitative estimate of drug-likeness (QED) is 0.750. The van der Waals surface area contributed by atoms with Crippen molar-refractivity contribution in [3.8, 4) is 0 Å². The molecule has 1 aromatic carbocycles. The van der Waals surface area contributed by atoms with E-state index < -0.39 is 0 Å². The fourth-order valence-corrected chi connectivity index (χ4v) is 4.14. The topological polar surface area (TPSA) is 12.0 Å². The van der Waals surface area contributed by atoms with Crippen LogP contribution in [0.1, 0.15) is 57.6 Å². The number of halogens is 2. The Balaban J connectivity index is 2.31. The average molecular weight is 342 g/mol. The molecule has 112 valence electrons. The highest BCUT2D eigenvalue weighted by molar-refractivity contribution is 9.10. The Labute approximate surface area is 130 Å². The molecule has 0 heterocycles. The highest BCUT2D eigenvalue weighted by Gasteiger charge is 2.32. The van der Waals surface area contributed by atoms with E-state index in [0.717, 1.165) is 22.5 Å². The first-order chi connectivity index (χ1) is 9.67. The molecule has 0 radical (unpaired) electrons. The fourth-order valence-electron chi connectivity index (χ4n) is 3.65. The van der Waals surface area contributed by atoms with E-state index in [1.54, 1.807) is 6.07 Å². The number of benzene rings is 1. The molecule has 0 aromatic heterocycles. The van der Waals surface area contributed by atoms with Crippen molar-refractivity contribution in [2.75, 3.05) is 6.54 Å². The summed E-state index contributed by atoms with van der Waals surface area (Å²) in [6.07, 6.45) is 6.43. The second kappa shape index (κ2) is 7.56. The average Bonchev–Trinajstić information content (AvgIpc) is 2.47. The van der Waals surface area contributed by atoms with Crippen molar-refractivity contribution in [2.45, 2.75) is 52.0 Å². The zero-order valence-corrected chi connectivity index (χ0v) is 14.0. The summed E-state index contributed by atoms with van der Waals surface area (Å²) in [5, 5.41) is 3.60. The molecule has 20 heavy (non-hydrogen) atoms. The van der Waals surface area contributed by atoms with Crippen molar-refractivity contribution in [1.29, 1.82) is 0 Å². The summed E-state index contributed by atoms with van der Waals surface area (Å²) in [4.78, 5) is 0. The van der Waals surface area contributed by atoms with Crippen molar-refractivity contribution >= 4 is 15.9 Å². The maximum absolute atomic E-state index is 13.6. The lowest BCUT2D eigenvalue weighted by molar-refractivity contribution is 0.176. The van der Waals surface area contributed by atoms with E-state index in [9.17, 15) is 4.39 Å². The van der Waals surface area contributed by atoms with Crippen LogP contribution >= 0.6 is 15.9 Å². The van der Waals surface area contributed by atoms with E-state index in [1.807, 2.05) is 6.07 Å². The zero-order chi connectivity index (χ0) is 14.5. The SMILES string of the molecule is CCNC(c1cc(F)ccc1Br)C1CCCCC1CC. The van der Waals surface area contributed by atoms with Gasteiger partial charge in [0, 0.05) is 10.5 Å². The molecule has 1 fully saturated rings. The molecular weight excluding hydrogens is 317 g/mol. The Kier molecular flexibility index (Phi) is 6.03. The molecule has 1 N–H and O–H groups in total. The first-order valence-electron chi connectivity index (χ1n) is 7.85. The first kappa shape index (κ1) is 16.0. The van der Waals surface area contributed by atoms with Gasteiger partial charge in [0.2, 0.25) is 0 Å². The fraction of sp³-hybridized carbons (Fsp3) is 0.647. The molecular formula is C17H25BrFN. The lowest BCUT2D eigenvalue weighted by Gasteiger charge is -2.38. The summed E-state index contributed by atoms with van der Waals surface area (Å²) < 4.78 is 14.7. The van der Waals surface area contributed by atoms with Gasteiger partial charge in [0.05, 0.1) is 0 Å². The Morgan fingerprint density at radius 1 is 1.30 bits per heavy atom. The maximum Gasteiger partial charge on any atom is 0.123 e. The van der Waals surface area contributed by atoms with Crippen molar-refractivity contribution in [1.82, 2.24) is 5.32 Å². The third-order valence-corrected chi connectivity index (χ3v) is 5.36. The Hall–Kier alpha value is -0.410.